The van der Waals surface area contributed by atoms with Crippen molar-refractivity contribution < 1.29 is 14.6 Å². The topological polar surface area (TPSA) is 84.6 Å². The van der Waals surface area contributed by atoms with E-state index in [1.165, 1.54) is 38.5 Å². The zero-order valence-corrected chi connectivity index (χ0v) is 17.9. The van der Waals surface area contributed by atoms with Crippen LogP contribution in [0.4, 0.5) is 5.69 Å². The third kappa shape index (κ3) is 6.47. The highest BCUT2D eigenvalue weighted by molar-refractivity contribution is 9.10. The molecular formula is C21H33BrN2O3. The van der Waals surface area contributed by atoms with Crippen molar-refractivity contribution in [2.24, 2.45) is 0 Å². The van der Waals surface area contributed by atoms with E-state index in [9.17, 15) is 4.79 Å². The number of nitrogens with one attached hydrogen (secondary N) is 1. The number of ether oxygens (including phenoxy) is 1. The summed E-state index contributed by atoms with van der Waals surface area (Å²) < 4.78 is 6.02. The van der Waals surface area contributed by atoms with Gasteiger partial charge in [0.1, 0.15) is 0 Å². The molecule has 0 radical (unpaired) electrons. The molecule has 1 aromatic rings. The molecule has 2 rings (SSSR count). The number of esters is 1. The Balaban J connectivity index is 2.07. The molecule has 0 atom stereocenters. The number of nitrogens with two attached hydrogens (primary N) is 1. The number of unbranched alkanes of at least 4 members (excludes halogenated alkanes) is 1. The monoisotopic (exact) mass is 440 g/mol. The van der Waals surface area contributed by atoms with Crippen LogP contribution in [-0.4, -0.2) is 29.8 Å². The van der Waals surface area contributed by atoms with E-state index in [0.717, 1.165) is 16.5 Å². The molecular weight excluding hydrogens is 408 g/mol. The van der Waals surface area contributed by atoms with Crippen LogP contribution in [0.3, 0.4) is 0 Å². The number of nitrogen functional groups attached to an aromatic ring is 1. The Hall–Kier alpha value is -1.11. The summed E-state index contributed by atoms with van der Waals surface area (Å²) in [5.41, 5.74) is 8.51. The fraction of sp³-hybridized carbons (Fsp3) is 0.667. The first kappa shape index (κ1) is 22.2. The second-order valence-corrected chi connectivity index (χ2v) is 8.35. The number of hydrogen-bond acceptors (Lipinski definition) is 5. The van der Waals surface area contributed by atoms with E-state index in [1.54, 1.807) is 6.07 Å². The van der Waals surface area contributed by atoms with E-state index in [4.69, 9.17) is 15.6 Å². The summed E-state index contributed by atoms with van der Waals surface area (Å²) in [7, 11) is 0. The molecule has 0 aromatic heterocycles. The Morgan fingerprint density at radius 2 is 1.96 bits per heavy atom. The molecule has 1 saturated carbocycles. The average molecular weight is 441 g/mol. The van der Waals surface area contributed by atoms with E-state index < -0.39 is 0 Å². The first-order valence-electron chi connectivity index (χ1n) is 10.1. The fourth-order valence-electron chi connectivity index (χ4n) is 3.74. The molecule has 1 fully saturated rings. The lowest BCUT2D eigenvalue weighted by Gasteiger charge is -2.33. The van der Waals surface area contributed by atoms with Crippen LogP contribution in [0.1, 0.15) is 80.6 Å². The number of halogens is 1. The summed E-state index contributed by atoms with van der Waals surface area (Å²) in [5.74, 6) is -0.352. The highest BCUT2D eigenvalue weighted by Gasteiger charge is 2.28. The third-order valence-corrected chi connectivity index (χ3v) is 6.28. The van der Waals surface area contributed by atoms with Crippen molar-refractivity contribution in [1.82, 2.24) is 5.32 Å². The Morgan fingerprint density at radius 1 is 1.26 bits per heavy atom. The smallest absolute Gasteiger partial charge is 0.338 e. The molecule has 5 nitrogen and oxygen atoms in total. The molecule has 6 heteroatoms. The van der Waals surface area contributed by atoms with Crippen LogP contribution in [0.2, 0.25) is 0 Å². The van der Waals surface area contributed by atoms with Gasteiger partial charge in [-0.2, -0.15) is 0 Å². The molecule has 0 bridgehead atoms. The summed E-state index contributed by atoms with van der Waals surface area (Å²) in [4.78, 5) is 12.3. The summed E-state index contributed by atoms with van der Waals surface area (Å²) in [6, 6.07) is 3.55. The number of aliphatic hydroxyl groups excluding tert-OH is 1. The van der Waals surface area contributed by atoms with Crippen LogP contribution >= 0.6 is 15.9 Å². The number of anilines is 1. The Labute approximate surface area is 171 Å². The van der Waals surface area contributed by atoms with E-state index in [1.807, 2.05) is 6.07 Å². The van der Waals surface area contributed by atoms with Crippen LogP contribution < -0.4 is 11.1 Å². The molecule has 1 aliphatic carbocycles. The highest BCUT2D eigenvalue weighted by atomic mass is 79.9. The van der Waals surface area contributed by atoms with Gasteiger partial charge in [0.2, 0.25) is 0 Å². The van der Waals surface area contributed by atoms with Crippen LogP contribution in [-0.2, 0) is 11.3 Å². The number of hydrogen-bond donors (Lipinski definition) is 3. The first-order chi connectivity index (χ1) is 13.0. The molecule has 1 aromatic carbocycles. The zero-order chi connectivity index (χ0) is 19.7. The molecule has 152 valence electrons. The molecule has 0 amide bonds. The quantitative estimate of drug-likeness (QED) is 0.227. The molecule has 0 saturated heterocycles. The Bertz CT molecular complexity index is 614. The number of aliphatic hydroxyl groups is 1. The third-order valence-electron chi connectivity index (χ3n) is 5.63. The molecule has 4 N–H and O–H groups in total. The van der Waals surface area contributed by atoms with Crippen molar-refractivity contribution in [1.29, 1.82) is 0 Å². The minimum atomic E-state index is -0.352. The minimum Gasteiger partial charge on any atom is -0.462 e. The van der Waals surface area contributed by atoms with E-state index in [2.05, 4.69) is 28.2 Å². The Morgan fingerprint density at radius 3 is 2.59 bits per heavy atom. The predicted molar refractivity (Wildman–Crippen MR) is 113 cm³/mol. The maximum Gasteiger partial charge on any atom is 0.338 e. The number of benzene rings is 1. The standard InChI is InChI=1S/C21H33BrN2O3/c1-2-21(9-5-3-4-6-10-21)24-15-17-13-16(14-18(22)19(17)23)20(26)27-12-8-7-11-25/h13-14,24-25H,2-12,15,23H2,1H3. The normalized spacial score (nSPS) is 16.7. The van der Waals surface area contributed by atoms with E-state index in [-0.39, 0.29) is 18.1 Å². The highest BCUT2D eigenvalue weighted by Crippen LogP contribution is 2.32. The van der Waals surface area contributed by atoms with Crippen LogP contribution in [0, 0.1) is 0 Å². The molecule has 0 heterocycles. The van der Waals surface area contributed by atoms with Gasteiger partial charge in [0, 0.05) is 23.2 Å². The van der Waals surface area contributed by atoms with Crippen molar-refractivity contribution in [2.75, 3.05) is 18.9 Å². The Kier molecular flexibility index (Phi) is 9.06. The zero-order valence-electron chi connectivity index (χ0n) is 16.4. The van der Waals surface area contributed by atoms with Gasteiger partial charge in [0.05, 0.1) is 17.9 Å². The molecule has 0 spiro atoms. The minimum absolute atomic E-state index is 0.111. The number of carbonyl (C=O) groups is 1. The maximum absolute atomic E-state index is 12.3. The summed E-state index contributed by atoms with van der Waals surface area (Å²) in [6.07, 6.45) is 9.93. The van der Waals surface area contributed by atoms with Gasteiger partial charge in [0.25, 0.3) is 0 Å². The maximum atomic E-state index is 12.3. The average Bonchev–Trinajstić information content (AvgIpc) is 2.92. The van der Waals surface area contributed by atoms with Gasteiger partial charge in [-0.25, -0.2) is 4.79 Å². The summed E-state index contributed by atoms with van der Waals surface area (Å²) in [5, 5.41) is 12.6. The molecule has 0 unspecified atom stereocenters. The van der Waals surface area contributed by atoms with Crippen molar-refractivity contribution >= 4 is 27.6 Å². The SMILES string of the molecule is CCC1(NCc2cc(C(=O)OCCCCO)cc(Br)c2N)CCCCCC1. The van der Waals surface area contributed by atoms with Crippen LogP contribution in [0.25, 0.3) is 0 Å². The van der Waals surface area contributed by atoms with Crippen molar-refractivity contribution in [3.63, 3.8) is 0 Å². The van der Waals surface area contributed by atoms with Crippen molar-refractivity contribution in [2.45, 2.75) is 76.8 Å². The second-order valence-electron chi connectivity index (χ2n) is 7.50. The lowest BCUT2D eigenvalue weighted by Crippen LogP contribution is -2.43. The van der Waals surface area contributed by atoms with Gasteiger partial charge < -0.3 is 20.9 Å². The molecule has 1 aliphatic rings. The van der Waals surface area contributed by atoms with Crippen molar-refractivity contribution in [3.05, 3.63) is 27.7 Å². The second kappa shape index (κ2) is 11.0. The predicted octanol–water partition coefficient (Wildman–Crippen LogP) is 4.55. The molecule has 27 heavy (non-hydrogen) atoms. The summed E-state index contributed by atoms with van der Waals surface area (Å²) in [6.45, 7) is 3.32. The van der Waals surface area contributed by atoms with Crippen LogP contribution in [0.15, 0.2) is 16.6 Å². The van der Waals surface area contributed by atoms with Crippen LogP contribution in [0.5, 0.6) is 0 Å². The van der Waals surface area contributed by atoms with Gasteiger partial charge in [-0.1, -0.05) is 32.6 Å². The molecule has 0 aliphatic heterocycles. The van der Waals surface area contributed by atoms with Gasteiger partial charge in [-0.3, -0.25) is 0 Å². The van der Waals surface area contributed by atoms with Gasteiger partial charge in [-0.15, -0.1) is 0 Å². The van der Waals surface area contributed by atoms with E-state index >= 15 is 0 Å². The van der Waals surface area contributed by atoms with Gasteiger partial charge in [-0.05, 0) is 65.7 Å². The first-order valence-corrected chi connectivity index (χ1v) is 10.9. The lowest BCUT2D eigenvalue weighted by atomic mass is 9.87. The van der Waals surface area contributed by atoms with E-state index in [0.29, 0.717) is 37.2 Å². The fourth-order valence-corrected chi connectivity index (χ4v) is 4.25. The van der Waals surface area contributed by atoms with Crippen molar-refractivity contribution in [3.8, 4) is 0 Å². The van der Waals surface area contributed by atoms with Gasteiger partial charge in [0.15, 0.2) is 0 Å². The number of carbonyl (C=O) groups excluding carboxylic acids is 1. The number of rotatable bonds is 9. The van der Waals surface area contributed by atoms with Gasteiger partial charge >= 0.3 is 5.97 Å². The summed E-state index contributed by atoms with van der Waals surface area (Å²) >= 11 is 3.47. The lowest BCUT2D eigenvalue weighted by molar-refractivity contribution is 0.0492. The largest absolute Gasteiger partial charge is 0.462 e.